The van der Waals surface area contributed by atoms with E-state index in [9.17, 15) is 5.26 Å². The number of benzene rings is 1. The topological polar surface area (TPSA) is 30.3 Å². The van der Waals surface area contributed by atoms with E-state index < -0.39 is 5.66 Å². The van der Waals surface area contributed by atoms with Crippen LogP contribution < -0.4 is 9.57 Å². The zero-order valence-electron chi connectivity index (χ0n) is 15.3. The third kappa shape index (κ3) is 2.78. The first-order chi connectivity index (χ1) is 10.5. The van der Waals surface area contributed by atoms with Crippen LogP contribution in [0, 0.1) is 11.3 Å². The van der Waals surface area contributed by atoms with E-state index in [4.69, 9.17) is 0 Å². The van der Waals surface area contributed by atoms with Gasteiger partial charge in [0.2, 0.25) is 0 Å². The quantitative estimate of drug-likeness (QED) is 0.532. The molecule has 1 aliphatic heterocycles. The first-order valence-corrected chi connectivity index (χ1v) is 12.0. The zero-order chi connectivity index (χ0) is 17.6. The standard InChI is InChI=1S/C18H28N3PSe/c1-17(2,3)22(23,18(4,5)6)21-15-11-9-8-10-14(15)20(7)16(21)12-13-19/h8-11,16H,12H2,1-7H3. The molecule has 23 heavy (non-hydrogen) atoms. The van der Waals surface area contributed by atoms with E-state index in [0.717, 1.165) is 0 Å². The fraction of sp³-hybridized carbons (Fsp3) is 0.611. The molecule has 2 rings (SSSR count). The van der Waals surface area contributed by atoms with Crippen LogP contribution in [0.25, 0.3) is 0 Å². The molecular formula is C18H28N3PSe. The van der Waals surface area contributed by atoms with E-state index in [1.54, 1.807) is 0 Å². The number of fused-ring (bicyclic) bond motifs is 1. The number of hydrogen-bond donors (Lipinski definition) is 0. The van der Waals surface area contributed by atoms with E-state index in [0.29, 0.717) is 6.42 Å². The van der Waals surface area contributed by atoms with Gasteiger partial charge >= 0.3 is 149 Å². The number of anilines is 2. The fourth-order valence-electron chi connectivity index (χ4n) is 3.74. The van der Waals surface area contributed by atoms with Crippen molar-refractivity contribution in [2.75, 3.05) is 16.6 Å². The number of para-hydroxylation sites is 2. The third-order valence-electron chi connectivity index (χ3n) is 4.63. The molecule has 0 aromatic heterocycles. The van der Waals surface area contributed by atoms with Crippen molar-refractivity contribution in [3.8, 4) is 6.07 Å². The third-order valence-corrected chi connectivity index (χ3v) is 17.4. The van der Waals surface area contributed by atoms with Gasteiger partial charge in [0.1, 0.15) is 0 Å². The van der Waals surface area contributed by atoms with Crippen LogP contribution in [0.3, 0.4) is 0 Å². The predicted molar refractivity (Wildman–Crippen MR) is 104 cm³/mol. The Labute approximate surface area is 148 Å². The summed E-state index contributed by atoms with van der Waals surface area (Å²) in [5.74, 6) is 0. The van der Waals surface area contributed by atoms with Gasteiger partial charge in [-0.2, -0.15) is 0 Å². The summed E-state index contributed by atoms with van der Waals surface area (Å²) >= 11 is 3.66. The molecule has 1 aromatic rings. The van der Waals surface area contributed by atoms with E-state index >= 15 is 0 Å². The summed E-state index contributed by atoms with van der Waals surface area (Å²) in [4.78, 5) is 2.27. The van der Waals surface area contributed by atoms with Crippen LogP contribution >= 0.6 is 5.66 Å². The summed E-state index contributed by atoms with van der Waals surface area (Å²) in [6.45, 7) is 14.0. The first kappa shape index (κ1) is 18.6. The molecule has 0 radical (unpaired) electrons. The molecule has 0 aliphatic carbocycles. The van der Waals surface area contributed by atoms with Crippen LogP contribution in [0.4, 0.5) is 11.4 Å². The molecule has 1 aliphatic rings. The normalized spacial score (nSPS) is 18.8. The van der Waals surface area contributed by atoms with Gasteiger partial charge in [-0.25, -0.2) is 0 Å². The average Bonchev–Trinajstić information content (AvgIpc) is 2.70. The maximum absolute atomic E-state index is 9.41. The van der Waals surface area contributed by atoms with Gasteiger partial charge in [-0.05, 0) is 0 Å². The van der Waals surface area contributed by atoms with Crippen molar-refractivity contribution in [1.29, 1.82) is 5.26 Å². The minimum atomic E-state index is -1.72. The van der Waals surface area contributed by atoms with Crippen LogP contribution in [0.15, 0.2) is 24.3 Å². The van der Waals surface area contributed by atoms with Crippen LogP contribution in [-0.4, -0.2) is 38.6 Å². The van der Waals surface area contributed by atoms with Crippen molar-refractivity contribution in [2.45, 2.75) is 64.4 Å². The summed E-state index contributed by atoms with van der Waals surface area (Å²) in [6.07, 6.45) is 0.589. The monoisotopic (exact) mass is 397 g/mol. The SMILES string of the molecule is CN1c2ccccc2N(P(=[Se])(C(C)(C)C)C(C)(C)C)C1CC#N. The fourth-order valence-corrected chi connectivity index (χ4v) is 9.37. The van der Waals surface area contributed by atoms with Gasteiger partial charge in [-0.15, -0.1) is 0 Å². The molecule has 0 bridgehead atoms. The minimum absolute atomic E-state index is 0.0884. The molecule has 5 heteroatoms. The first-order valence-electron chi connectivity index (χ1n) is 8.05. The molecule has 1 aromatic carbocycles. The van der Waals surface area contributed by atoms with Gasteiger partial charge in [0.25, 0.3) is 0 Å². The summed E-state index contributed by atoms with van der Waals surface area (Å²) < 4.78 is 2.56. The van der Waals surface area contributed by atoms with Gasteiger partial charge in [0.15, 0.2) is 0 Å². The Hall–Kier alpha value is -0.741. The second-order valence-corrected chi connectivity index (χ2v) is 15.8. The number of hydrogen-bond acceptors (Lipinski definition) is 3. The van der Waals surface area contributed by atoms with E-state index in [-0.39, 0.29) is 16.5 Å². The molecule has 1 atom stereocenters. The second-order valence-electron chi connectivity index (χ2n) is 8.20. The van der Waals surface area contributed by atoms with E-state index in [1.165, 1.54) is 11.4 Å². The van der Waals surface area contributed by atoms with Gasteiger partial charge in [-0.3, -0.25) is 0 Å². The van der Waals surface area contributed by atoms with Crippen molar-refractivity contribution >= 4 is 32.1 Å². The Morgan fingerprint density at radius 1 is 1.09 bits per heavy atom. The van der Waals surface area contributed by atoms with Crippen LogP contribution in [0.2, 0.25) is 0 Å². The summed E-state index contributed by atoms with van der Waals surface area (Å²) in [5, 5.41) is 9.63. The molecule has 0 saturated heterocycles. The molecule has 0 fully saturated rings. The molecule has 0 amide bonds. The van der Waals surface area contributed by atoms with Gasteiger partial charge < -0.3 is 0 Å². The molecule has 0 saturated carbocycles. The number of nitrogens with zero attached hydrogens (tertiary/aromatic N) is 3. The summed E-state index contributed by atoms with van der Waals surface area (Å²) in [7, 11) is 2.11. The van der Waals surface area contributed by atoms with Gasteiger partial charge in [0, 0.05) is 0 Å². The molecular weight excluding hydrogens is 368 g/mol. The predicted octanol–water partition coefficient (Wildman–Crippen LogP) is 4.80. The molecule has 3 nitrogen and oxygen atoms in total. The molecule has 126 valence electrons. The number of nitriles is 1. The molecule has 0 spiro atoms. The van der Waals surface area contributed by atoms with E-state index in [1.807, 2.05) is 0 Å². The molecule has 1 unspecified atom stereocenters. The summed E-state index contributed by atoms with van der Waals surface area (Å²) in [6, 6.07) is 10.9. The Kier molecular flexibility index (Phi) is 4.82. The van der Waals surface area contributed by atoms with Crippen LogP contribution in [0.1, 0.15) is 48.0 Å². The van der Waals surface area contributed by atoms with Crippen molar-refractivity contribution in [2.24, 2.45) is 0 Å². The van der Waals surface area contributed by atoms with Gasteiger partial charge in [-0.1, -0.05) is 0 Å². The number of rotatable bonds is 2. The Balaban J connectivity index is 2.75. The van der Waals surface area contributed by atoms with Gasteiger partial charge in [0.05, 0.1) is 0 Å². The van der Waals surface area contributed by atoms with Crippen molar-refractivity contribution in [3.63, 3.8) is 0 Å². The zero-order valence-corrected chi connectivity index (χ0v) is 17.9. The summed E-state index contributed by atoms with van der Waals surface area (Å²) in [5.41, 5.74) is 0.755. The van der Waals surface area contributed by atoms with E-state index in [2.05, 4.69) is 104 Å². The van der Waals surface area contributed by atoms with Crippen molar-refractivity contribution < 1.29 is 0 Å². The Bertz CT molecular complexity index is 661. The van der Waals surface area contributed by atoms with Crippen molar-refractivity contribution in [3.05, 3.63) is 24.3 Å². The maximum atomic E-state index is 9.41. The Morgan fingerprint density at radius 3 is 2.00 bits per heavy atom. The van der Waals surface area contributed by atoms with Crippen LogP contribution in [-0.2, 0) is 0 Å². The average molecular weight is 396 g/mol. The Morgan fingerprint density at radius 2 is 1.57 bits per heavy atom. The molecule has 0 N–H and O–H groups in total. The molecule has 1 heterocycles. The van der Waals surface area contributed by atoms with Crippen molar-refractivity contribution in [1.82, 2.24) is 0 Å². The van der Waals surface area contributed by atoms with Crippen LogP contribution in [0.5, 0.6) is 0 Å². The second kappa shape index (κ2) is 5.96.